The van der Waals surface area contributed by atoms with Crippen molar-refractivity contribution in [2.24, 2.45) is 0 Å². The molecule has 1 N–H and O–H groups in total. The summed E-state index contributed by atoms with van der Waals surface area (Å²) in [5, 5.41) is 10.0. The summed E-state index contributed by atoms with van der Waals surface area (Å²) in [7, 11) is 0. The lowest BCUT2D eigenvalue weighted by Crippen LogP contribution is -2.24. The molecule has 18 heavy (non-hydrogen) atoms. The maximum absolute atomic E-state index is 9.21. The van der Waals surface area contributed by atoms with Gasteiger partial charge in [0.1, 0.15) is 0 Å². The Balaban J connectivity index is 2.09. The molecule has 100 valence electrons. The molecule has 0 aromatic heterocycles. The van der Waals surface area contributed by atoms with Gasteiger partial charge in [-0.15, -0.1) is 0 Å². The zero-order valence-electron chi connectivity index (χ0n) is 11.4. The van der Waals surface area contributed by atoms with Crippen molar-refractivity contribution in [2.75, 3.05) is 24.2 Å². The number of anilines is 1. The van der Waals surface area contributed by atoms with E-state index >= 15 is 0 Å². The number of aliphatic hydroxyl groups excluding tert-OH is 1. The predicted molar refractivity (Wildman–Crippen MR) is 80.5 cm³/mol. The number of hydrogen-bond acceptors (Lipinski definition) is 3. The van der Waals surface area contributed by atoms with E-state index in [4.69, 9.17) is 0 Å². The highest BCUT2D eigenvalue weighted by Gasteiger charge is 2.16. The first-order chi connectivity index (χ1) is 8.74. The molecule has 1 atom stereocenters. The normalized spacial score (nSPS) is 20.8. The van der Waals surface area contributed by atoms with Crippen LogP contribution < -0.4 is 4.90 Å². The summed E-state index contributed by atoms with van der Waals surface area (Å²) in [6, 6.07) is 6.42. The van der Waals surface area contributed by atoms with Crippen LogP contribution in [0.25, 0.3) is 0 Å². The van der Waals surface area contributed by atoms with Crippen LogP contribution in [0.2, 0.25) is 0 Å². The van der Waals surface area contributed by atoms with Crippen LogP contribution in [-0.4, -0.2) is 29.7 Å². The van der Waals surface area contributed by atoms with Crippen molar-refractivity contribution in [1.29, 1.82) is 0 Å². The molecule has 0 radical (unpaired) electrons. The second-order valence-electron chi connectivity index (χ2n) is 5.04. The van der Waals surface area contributed by atoms with Crippen LogP contribution in [0.4, 0.5) is 5.69 Å². The van der Waals surface area contributed by atoms with Crippen molar-refractivity contribution in [1.82, 2.24) is 0 Å². The molecule has 1 aliphatic heterocycles. The maximum Gasteiger partial charge on any atom is 0.0684 e. The summed E-state index contributed by atoms with van der Waals surface area (Å²) in [5.41, 5.74) is 3.54. The molecule has 1 saturated heterocycles. The van der Waals surface area contributed by atoms with Gasteiger partial charge in [-0.3, -0.25) is 0 Å². The fourth-order valence-electron chi connectivity index (χ4n) is 2.61. The Morgan fingerprint density at radius 2 is 2.17 bits per heavy atom. The van der Waals surface area contributed by atoms with Crippen LogP contribution in [0.15, 0.2) is 18.2 Å². The first-order valence-electron chi connectivity index (χ1n) is 6.72. The number of aliphatic hydroxyl groups is 1. The molecule has 2 nitrogen and oxygen atoms in total. The van der Waals surface area contributed by atoms with E-state index in [0.717, 1.165) is 23.9 Å². The van der Waals surface area contributed by atoms with Crippen LogP contribution in [0.5, 0.6) is 0 Å². The monoisotopic (exact) mass is 265 g/mol. The Bertz CT molecular complexity index is 394. The van der Waals surface area contributed by atoms with Gasteiger partial charge in [-0.05, 0) is 55.7 Å². The smallest absolute Gasteiger partial charge is 0.0684 e. The fourth-order valence-corrected chi connectivity index (χ4v) is 3.36. The Kier molecular flexibility index (Phi) is 4.95. The predicted octanol–water partition coefficient (Wildman–Crippen LogP) is 3.21. The molecule has 0 bridgehead atoms. The van der Waals surface area contributed by atoms with E-state index in [0.29, 0.717) is 0 Å². The van der Waals surface area contributed by atoms with Crippen molar-refractivity contribution in [2.45, 2.75) is 38.0 Å². The fraction of sp³-hybridized carbons (Fsp3) is 0.600. The minimum Gasteiger partial charge on any atom is -0.392 e. The van der Waals surface area contributed by atoms with Crippen LogP contribution in [-0.2, 0) is 6.61 Å². The SMILES string of the molecule is CSC1CCCN(c2ccc(CO)c(C)c2)CC1. The zero-order valence-corrected chi connectivity index (χ0v) is 12.2. The van der Waals surface area contributed by atoms with E-state index in [1.807, 2.05) is 11.8 Å². The second-order valence-corrected chi connectivity index (χ2v) is 6.18. The third-order valence-corrected chi connectivity index (χ3v) is 5.01. The largest absolute Gasteiger partial charge is 0.392 e. The summed E-state index contributed by atoms with van der Waals surface area (Å²) in [6.07, 6.45) is 6.13. The highest BCUT2D eigenvalue weighted by atomic mass is 32.2. The maximum atomic E-state index is 9.21. The molecule has 1 heterocycles. The van der Waals surface area contributed by atoms with E-state index in [2.05, 4.69) is 36.3 Å². The molecule has 1 fully saturated rings. The lowest BCUT2D eigenvalue weighted by atomic mass is 10.1. The molecule has 0 amide bonds. The number of rotatable bonds is 3. The average molecular weight is 265 g/mol. The van der Waals surface area contributed by atoms with Crippen LogP contribution >= 0.6 is 11.8 Å². The Labute approximate surface area is 114 Å². The molecule has 1 aromatic carbocycles. The lowest BCUT2D eigenvalue weighted by Gasteiger charge is -2.23. The molecular weight excluding hydrogens is 242 g/mol. The molecular formula is C15H23NOS. The van der Waals surface area contributed by atoms with Crippen LogP contribution in [0.3, 0.4) is 0 Å². The molecule has 2 rings (SSSR count). The van der Waals surface area contributed by atoms with Gasteiger partial charge in [0.2, 0.25) is 0 Å². The van der Waals surface area contributed by atoms with Crippen LogP contribution in [0.1, 0.15) is 30.4 Å². The van der Waals surface area contributed by atoms with Crippen molar-refractivity contribution in [3.8, 4) is 0 Å². The molecule has 0 saturated carbocycles. The first-order valence-corrected chi connectivity index (χ1v) is 8.01. The van der Waals surface area contributed by atoms with Crippen molar-refractivity contribution in [3.63, 3.8) is 0 Å². The summed E-state index contributed by atoms with van der Waals surface area (Å²) in [6.45, 7) is 4.54. The van der Waals surface area contributed by atoms with Crippen LogP contribution in [0, 0.1) is 6.92 Å². The van der Waals surface area contributed by atoms with Crippen molar-refractivity contribution < 1.29 is 5.11 Å². The number of hydrogen-bond donors (Lipinski definition) is 1. The standard InChI is InChI=1S/C15H23NOS/c1-12-10-14(6-5-13(12)11-17)16-8-3-4-15(18-2)7-9-16/h5-6,10,15,17H,3-4,7-9,11H2,1-2H3. The second kappa shape index (κ2) is 6.48. The third kappa shape index (κ3) is 3.21. The molecule has 1 aromatic rings. The van der Waals surface area contributed by atoms with Crippen molar-refractivity contribution in [3.05, 3.63) is 29.3 Å². The molecule has 0 spiro atoms. The highest BCUT2D eigenvalue weighted by molar-refractivity contribution is 7.99. The summed E-state index contributed by atoms with van der Waals surface area (Å²) in [4.78, 5) is 2.49. The topological polar surface area (TPSA) is 23.5 Å². The molecule has 3 heteroatoms. The van der Waals surface area contributed by atoms with Gasteiger partial charge in [0, 0.05) is 24.0 Å². The number of nitrogens with zero attached hydrogens (tertiary/aromatic N) is 1. The van der Waals surface area contributed by atoms with Gasteiger partial charge in [-0.2, -0.15) is 11.8 Å². The number of aryl methyl sites for hydroxylation is 1. The number of thioether (sulfide) groups is 1. The van der Waals surface area contributed by atoms with Gasteiger partial charge in [0.15, 0.2) is 0 Å². The van der Waals surface area contributed by atoms with E-state index in [9.17, 15) is 5.11 Å². The van der Waals surface area contributed by atoms with E-state index in [-0.39, 0.29) is 6.61 Å². The summed E-state index contributed by atoms with van der Waals surface area (Å²) in [5.74, 6) is 0. The zero-order chi connectivity index (χ0) is 13.0. The van der Waals surface area contributed by atoms with E-state index in [1.165, 1.54) is 30.5 Å². The van der Waals surface area contributed by atoms with Gasteiger partial charge >= 0.3 is 0 Å². The van der Waals surface area contributed by atoms with E-state index < -0.39 is 0 Å². The Morgan fingerprint density at radius 3 is 2.83 bits per heavy atom. The first kappa shape index (κ1) is 13.8. The van der Waals surface area contributed by atoms with Gasteiger partial charge in [-0.25, -0.2) is 0 Å². The summed E-state index contributed by atoms with van der Waals surface area (Å²) >= 11 is 2.01. The minimum atomic E-state index is 0.140. The molecule has 1 aliphatic rings. The third-order valence-electron chi connectivity index (χ3n) is 3.87. The Morgan fingerprint density at radius 1 is 1.33 bits per heavy atom. The van der Waals surface area contributed by atoms with Gasteiger partial charge in [0.25, 0.3) is 0 Å². The van der Waals surface area contributed by atoms with Gasteiger partial charge in [0.05, 0.1) is 6.61 Å². The number of benzene rings is 1. The Hall–Kier alpha value is -0.670. The van der Waals surface area contributed by atoms with Gasteiger partial charge in [-0.1, -0.05) is 6.07 Å². The van der Waals surface area contributed by atoms with E-state index in [1.54, 1.807) is 0 Å². The average Bonchev–Trinajstić information content (AvgIpc) is 2.63. The lowest BCUT2D eigenvalue weighted by molar-refractivity contribution is 0.281. The molecule has 0 aliphatic carbocycles. The van der Waals surface area contributed by atoms with Crippen molar-refractivity contribution >= 4 is 17.4 Å². The highest BCUT2D eigenvalue weighted by Crippen LogP contribution is 2.26. The summed E-state index contributed by atoms with van der Waals surface area (Å²) < 4.78 is 0. The molecule has 1 unspecified atom stereocenters. The quantitative estimate of drug-likeness (QED) is 0.908. The minimum absolute atomic E-state index is 0.140. The van der Waals surface area contributed by atoms with Gasteiger partial charge < -0.3 is 10.0 Å².